The normalized spacial score (nSPS) is 23.9. The summed E-state index contributed by atoms with van der Waals surface area (Å²) in [5, 5.41) is 7.46. The van der Waals surface area contributed by atoms with Crippen LogP contribution in [0.15, 0.2) is 30.5 Å². The maximum atomic E-state index is 15.4. The zero-order chi connectivity index (χ0) is 25.4. The van der Waals surface area contributed by atoms with Gasteiger partial charge in [-0.3, -0.25) is 4.79 Å². The summed E-state index contributed by atoms with van der Waals surface area (Å²) in [6, 6.07) is 7.24. The summed E-state index contributed by atoms with van der Waals surface area (Å²) in [6.07, 6.45) is 4.61. The Morgan fingerprint density at radius 3 is 2.89 bits per heavy atom. The molecule has 4 atom stereocenters. The van der Waals surface area contributed by atoms with Gasteiger partial charge in [-0.05, 0) is 43.5 Å². The number of rotatable bonds is 5. The Morgan fingerprint density at radius 2 is 2.19 bits per heavy atom. The highest BCUT2D eigenvalue weighted by atomic mass is 127. The SMILES string of the molecule is CCC1CNc2nccc3cc(-c4nc5cc(C(=O)N[C@H](I)[C@]6(N)CC[C@H]6I)cc(F)c5n4C)n1c23. The number of carbonyl (C=O) groups excluding carboxylic acids is 1. The van der Waals surface area contributed by atoms with Crippen LogP contribution in [0.1, 0.15) is 42.6 Å². The van der Waals surface area contributed by atoms with Crippen LogP contribution in [0.2, 0.25) is 0 Å². The Hall–Kier alpha value is -2.00. The smallest absolute Gasteiger partial charge is 0.252 e. The molecule has 1 saturated carbocycles. The van der Waals surface area contributed by atoms with Crippen molar-refractivity contribution in [3.63, 3.8) is 0 Å². The van der Waals surface area contributed by atoms with Crippen LogP contribution in [0.25, 0.3) is 33.5 Å². The molecular weight excluding hydrogens is 687 g/mol. The number of imidazole rings is 1. The molecule has 4 heterocycles. The molecule has 1 aliphatic carbocycles. The number of amides is 1. The highest BCUT2D eigenvalue weighted by molar-refractivity contribution is 14.1. The summed E-state index contributed by atoms with van der Waals surface area (Å²) >= 11 is 4.51. The molecule has 4 aromatic rings. The fourth-order valence-electron chi connectivity index (χ4n) is 5.35. The van der Waals surface area contributed by atoms with E-state index in [4.69, 9.17) is 10.7 Å². The van der Waals surface area contributed by atoms with E-state index in [9.17, 15) is 4.79 Å². The number of nitrogens with one attached hydrogen (secondary N) is 2. The first kappa shape index (κ1) is 24.3. The van der Waals surface area contributed by atoms with Gasteiger partial charge in [0, 0.05) is 34.7 Å². The number of hydrogen-bond acceptors (Lipinski definition) is 5. The van der Waals surface area contributed by atoms with Gasteiger partial charge in [0.1, 0.15) is 11.3 Å². The van der Waals surface area contributed by atoms with E-state index in [2.05, 4.69) is 78.4 Å². The predicted molar refractivity (Wildman–Crippen MR) is 156 cm³/mol. The number of nitrogens with two attached hydrogens (primary N) is 1. The van der Waals surface area contributed by atoms with Crippen molar-refractivity contribution in [2.45, 2.75) is 45.7 Å². The zero-order valence-electron chi connectivity index (χ0n) is 19.9. The number of hydrogen-bond donors (Lipinski definition) is 3. The molecule has 36 heavy (non-hydrogen) atoms. The van der Waals surface area contributed by atoms with Crippen LogP contribution in [0.3, 0.4) is 0 Å². The summed E-state index contributed by atoms with van der Waals surface area (Å²) < 4.78 is 19.5. The van der Waals surface area contributed by atoms with E-state index in [1.165, 1.54) is 6.07 Å². The average molecular weight is 713 g/mol. The van der Waals surface area contributed by atoms with Crippen LogP contribution >= 0.6 is 45.2 Å². The molecule has 0 saturated heterocycles. The second kappa shape index (κ2) is 8.79. The second-order valence-electron chi connectivity index (χ2n) is 9.71. The molecule has 11 heteroatoms. The van der Waals surface area contributed by atoms with Gasteiger partial charge in [0.25, 0.3) is 5.91 Å². The molecule has 188 valence electrons. The number of carbonyl (C=O) groups is 1. The highest BCUT2D eigenvalue weighted by Crippen LogP contribution is 2.41. The zero-order valence-corrected chi connectivity index (χ0v) is 24.2. The van der Waals surface area contributed by atoms with E-state index in [0.29, 0.717) is 20.8 Å². The van der Waals surface area contributed by atoms with Crippen molar-refractivity contribution < 1.29 is 9.18 Å². The van der Waals surface area contributed by atoms with Gasteiger partial charge in [-0.1, -0.05) is 52.1 Å². The summed E-state index contributed by atoms with van der Waals surface area (Å²) in [7, 11) is 1.82. The molecule has 1 fully saturated rings. The molecule has 1 aliphatic heterocycles. The number of alkyl halides is 2. The predicted octanol–water partition coefficient (Wildman–Crippen LogP) is 4.89. The lowest BCUT2D eigenvalue weighted by Gasteiger charge is -2.47. The van der Waals surface area contributed by atoms with Gasteiger partial charge in [0.15, 0.2) is 11.6 Å². The lowest BCUT2D eigenvalue weighted by molar-refractivity contribution is 0.0928. The van der Waals surface area contributed by atoms with Crippen molar-refractivity contribution in [2.24, 2.45) is 12.8 Å². The molecule has 1 unspecified atom stereocenters. The van der Waals surface area contributed by atoms with E-state index in [0.717, 1.165) is 48.2 Å². The summed E-state index contributed by atoms with van der Waals surface area (Å²) in [5.74, 6) is 0.670. The molecule has 2 aliphatic rings. The quantitative estimate of drug-likeness (QED) is 0.156. The van der Waals surface area contributed by atoms with Crippen LogP contribution in [0.5, 0.6) is 0 Å². The largest absolute Gasteiger partial charge is 0.366 e. The summed E-state index contributed by atoms with van der Waals surface area (Å²) in [6.45, 7) is 2.91. The minimum atomic E-state index is -0.479. The van der Waals surface area contributed by atoms with Crippen LogP contribution in [0, 0.1) is 5.82 Å². The lowest BCUT2D eigenvalue weighted by Crippen LogP contribution is -2.66. The first-order valence-electron chi connectivity index (χ1n) is 12.0. The van der Waals surface area contributed by atoms with Crippen molar-refractivity contribution >= 4 is 78.8 Å². The standard InChI is InChI=1S/C25H26FI2N7O/c1-3-14-11-31-21-19-12(5-7-30-21)10-17(35(14)19)22-32-16-9-13(8-15(26)20(16)34(22)2)23(36)33-24(28)25(29)6-4-18(25)27/h5,7-10,14,18,24H,3-4,6,11,29H2,1-2H3,(H,30,31)(H,33,36)/t14?,18-,24+,25+/m1/s1. The van der Waals surface area contributed by atoms with Crippen LogP contribution in [-0.4, -0.2) is 45.1 Å². The third-order valence-corrected chi connectivity index (χ3v) is 10.9. The fraction of sp³-hybridized carbons (Fsp3) is 0.400. The van der Waals surface area contributed by atoms with Crippen LogP contribution in [0.4, 0.5) is 10.2 Å². The number of anilines is 1. The van der Waals surface area contributed by atoms with E-state index in [1.54, 1.807) is 16.8 Å². The van der Waals surface area contributed by atoms with Gasteiger partial charge in [-0.15, -0.1) is 0 Å². The van der Waals surface area contributed by atoms with Crippen molar-refractivity contribution in [1.29, 1.82) is 0 Å². The minimum absolute atomic E-state index is 0.220. The molecule has 0 spiro atoms. The number of aromatic nitrogens is 4. The number of aryl methyl sites for hydroxylation is 1. The fourth-order valence-corrected chi connectivity index (χ4v) is 8.05. The first-order chi connectivity index (χ1) is 17.2. The third-order valence-electron chi connectivity index (χ3n) is 7.65. The molecule has 0 radical (unpaired) electrons. The van der Waals surface area contributed by atoms with Crippen LogP contribution in [-0.2, 0) is 7.05 Å². The number of benzene rings is 1. The van der Waals surface area contributed by atoms with E-state index in [-0.39, 0.29) is 21.6 Å². The summed E-state index contributed by atoms with van der Waals surface area (Å²) in [4.78, 5) is 22.4. The average Bonchev–Trinajstić information content (AvgIpc) is 3.42. The molecule has 6 rings (SSSR count). The van der Waals surface area contributed by atoms with Gasteiger partial charge in [0.2, 0.25) is 0 Å². The van der Waals surface area contributed by atoms with E-state index in [1.807, 2.05) is 13.1 Å². The van der Waals surface area contributed by atoms with E-state index < -0.39 is 11.4 Å². The molecule has 1 amide bonds. The molecule has 8 nitrogen and oxygen atoms in total. The van der Waals surface area contributed by atoms with Crippen molar-refractivity contribution in [3.05, 3.63) is 41.8 Å². The molecular formula is C25H26FI2N7O. The summed E-state index contributed by atoms with van der Waals surface area (Å²) in [5.41, 5.74) is 9.03. The molecule has 0 bridgehead atoms. The minimum Gasteiger partial charge on any atom is -0.366 e. The van der Waals surface area contributed by atoms with Gasteiger partial charge in [-0.25, -0.2) is 14.4 Å². The maximum absolute atomic E-state index is 15.4. The topological polar surface area (TPSA) is 103 Å². The van der Waals surface area contributed by atoms with Crippen molar-refractivity contribution in [1.82, 2.24) is 24.4 Å². The Kier molecular flexibility index (Phi) is 5.94. The number of fused-ring (bicyclic) bond motifs is 1. The van der Waals surface area contributed by atoms with E-state index >= 15 is 4.39 Å². The Bertz CT molecular complexity index is 1530. The molecule has 4 N–H and O–H groups in total. The monoisotopic (exact) mass is 713 g/mol. The highest BCUT2D eigenvalue weighted by Gasteiger charge is 2.47. The second-order valence-corrected chi connectivity index (χ2v) is 12.5. The van der Waals surface area contributed by atoms with Crippen LogP contribution < -0.4 is 16.4 Å². The van der Waals surface area contributed by atoms with Gasteiger partial charge in [-0.2, -0.15) is 0 Å². The Labute approximate surface area is 234 Å². The molecule has 3 aromatic heterocycles. The Balaban J connectivity index is 1.42. The van der Waals surface area contributed by atoms with Gasteiger partial charge < -0.3 is 25.5 Å². The van der Waals surface area contributed by atoms with Crippen molar-refractivity contribution in [2.75, 3.05) is 11.9 Å². The van der Waals surface area contributed by atoms with Gasteiger partial charge >= 0.3 is 0 Å². The Morgan fingerprint density at radius 1 is 1.39 bits per heavy atom. The van der Waals surface area contributed by atoms with Gasteiger partial charge in [0.05, 0.1) is 32.4 Å². The third kappa shape index (κ3) is 3.56. The lowest BCUT2D eigenvalue weighted by atomic mass is 9.77. The maximum Gasteiger partial charge on any atom is 0.252 e. The number of halogens is 3. The van der Waals surface area contributed by atoms with Crippen molar-refractivity contribution in [3.8, 4) is 11.5 Å². The number of pyridine rings is 1. The number of nitrogens with zero attached hydrogens (tertiary/aromatic N) is 4. The molecule has 1 aromatic carbocycles. The first-order valence-corrected chi connectivity index (χ1v) is 14.5.